The minimum atomic E-state index is -3.61. The van der Waals surface area contributed by atoms with Crippen LogP contribution in [0.4, 0.5) is 0 Å². The van der Waals surface area contributed by atoms with Gasteiger partial charge in [0, 0.05) is 32.4 Å². The molecule has 176 valence electrons. The molecule has 0 aliphatic carbocycles. The summed E-state index contributed by atoms with van der Waals surface area (Å²) in [5.41, 5.74) is 2.87. The Morgan fingerprint density at radius 3 is 2.47 bits per heavy atom. The summed E-state index contributed by atoms with van der Waals surface area (Å²) in [6, 6.07) is 8.85. The molecule has 1 atom stereocenters. The largest absolute Gasteiger partial charge is 0.380 e. The summed E-state index contributed by atoms with van der Waals surface area (Å²) in [6.45, 7) is 9.63. The zero-order valence-corrected chi connectivity index (χ0v) is 21.0. The van der Waals surface area contributed by atoms with E-state index in [9.17, 15) is 8.42 Å². The molecule has 7 nitrogen and oxygen atoms in total. The van der Waals surface area contributed by atoms with Crippen molar-refractivity contribution in [1.82, 2.24) is 18.8 Å². The Bertz CT molecular complexity index is 1110. The first-order chi connectivity index (χ1) is 14.7. The molecule has 1 aromatic carbocycles. The van der Waals surface area contributed by atoms with Crippen LogP contribution >= 0.6 is 12.4 Å². The number of benzene rings is 1. The predicted molar refractivity (Wildman–Crippen MR) is 130 cm³/mol. The summed E-state index contributed by atoms with van der Waals surface area (Å²) < 4.78 is 35.6. The van der Waals surface area contributed by atoms with Crippen molar-refractivity contribution in [2.24, 2.45) is 5.92 Å². The molecule has 3 rings (SSSR count). The van der Waals surface area contributed by atoms with Crippen LogP contribution in [0, 0.1) is 12.8 Å². The fourth-order valence-corrected chi connectivity index (χ4v) is 5.09. The number of aryl methyl sites for hydroxylation is 1. The Labute approximate surface area is 197 Å². The van der Waals surface area contributed by atoms with Gasteiger partial charge in [-0.05, 0) is 49.9 Å². The predicted octanol–water partition coefficient (Wildman–Crippen LogP) is 4.28. The van der Waals surface area contributed by atoms with Gasteiger partial charge in [0.15, 0.2) is 0 Å². The monoisotopic (exact) mass is 480 g/mol. The summed E-state index contributed by atoms with van der Waals surface area (Å²) in [5, 5.41) is 0. The van der Waals surface area contributed by atoms with Crippen molar-refractivity contribution in [1.29, 1.82) is 0 Å². The molecule has 0 aliphatic rings. The SMILES string of the molecule is CCOC[C@H](CC(C)C)N(C)S(=O)(=O)c1ccc(Cn2c(C)nc3cnccc32)cc1.Cl. The van der Waals surface area contributed by atoms with Gasteiger partial charge in [0.05, 0.1) is 23.2 Å². The number of likely N-dealkylation sites (N-methyl/N-ethyl adjacent to an activating group) is 1. The maximum Gasteiger partial charge on any atom is 0.243 e. The van der Waals surface area contributed by atoms with Crippen molar-refractivity contribution < 1.29 is 13.2 Å². The van der Waals surface area contributed by atoms with E-state index in [1.807, 2.05) is 32.0 Å². The minimum absolute atomic E-state index is 0. The van der Waals surface area contributed by atoms with Gasteiger partial charge in [0.25, 0.3) is 0 Å². The smallest absolute Gasteiger partial charge is 0.243 e. The number of ether oxygens (including phenoxy) is 1. The van der Waals surface area contributed by atoms with E-state index < -0.39 is 10.0 Å². The van der Waals surface area contributed by atoms with Gasteiger partial charge in [0.1, 0.15) is 11.3 Å². The maximum absolute atomic E-state index is 13.2. The zero-order valence-electron chi connectivity index (χ0n) is 19.4. The van der Waals surface area contributed by atoms with Gasteiger partial charge in [-0.25, -0.2) is 13.4 Å². The van der Waals surface area contributed by atoms with E-state index in [2.05, 4.69) is 28.4 Å². The molecular formula is C23H33ClN4O3S. The Morgan fingerprint density at radius 2 is 1.84 bits per heavy atom. The average molecular weight is 481 g/mol. The summed E-state index contributed by atoms with van der Waals surface area (Å²) in [6.07, 6.45) is 4.25. The van der Waals surface area contributed by atoms with E-state index in [-0.39, 0.29) is 18.4 Å². The lowest BCUT2D eigenvalue weighted by atomic mass is 10.0. The highest BCUT2D eigenvalue weighted by Crippen LogP contribution is 2.22. The van der Waals surface area contributed by atoms with Crippen LogP contribution in [0.1, 0.15) is 38.6 Å². The first-order valence-electron chi connectivity index (χ1n) is 10.7. The first kappa shape index (κ1) is 26.3. The van der Waals surface area contributed by atoms with Crippen LogP contribution in [0.25, 0.3) is 11.0 Å². The second-order valence-electron chi connectivity index (χ2n) is 8.22. The van der Waals surface area contributed by atoms with Crippen LogP contribution < -0.4 is 0 Å². The van der Waals surface area contributed by atoms with Crippen molar-refractivity contribution in [3.05, 3.63) is 54.1 Å². The molecule has 0 radical (unpaired) electrons. The third kappa shape index (κ3) is 5.86. The van der Waals surface area contributed by atoms with Crippen LogP contribution in [0.3, 0.4) is 0 Å². The average Bonchev–Trinajstić information content (AvgIpc) is 3.06. The van der Waals surface area contributed by atoms with Crippen molar-refractivity contribution >= 4 is 33.5 Å². The molecule has 0 saturated heterocycles. The molecule has 0 spiro atoms. The summed E-state index contributed by atoms with van der Waals surface area (Å²) in [5.74, 6) is 1.26. The second-order valence-corrected chi connectivity index (χ2v) is 10.2. The lowest BCUT2D eigenvalue weighted by molar-refractivity contribution is 0.0954. The Hall–Kier alpha value is -2.00. The molecular weight excluding hydrogens is 448 g/mol. The van der Waals surface area contributed by atoms with E-state index in [1.54, 1.807) is 31.6 Å². The zero-order chi connectivity index (χ0) is 22.6. The van der Waals surface area contributed by atoms with Crippen molar-refractivity contribution in [2.75, 3.05) is 20.3 Å². The van der Waals surface area contributed by atoms with Gasteiger partial charge in [0.2, 0.25) is 10.0 Å². The molecule has 0 unspecified atom stereocenters. The number of aromatic nitrogens is 3. The van der Waals surface area contributed by atoms with Crippen LogP contribution in [0.15, 0.2) is 47.6 Å². The third-order valence-electron chi connectivity index (χ3n) is 5.45. The molecule has 0 aliphatic heterocycles. The van der Waals surface area contributed by atoms with Crippen LogP contribution in [0.5, 0.6) is 0 Å². The van der Waals surface area contributed by atoms with Gasteiger partial charge in [-0.1, -0.05) is 26.0 Å². The molecule has 0 bridgehead atoms. The second kappa shape index (κ2) is 11.2. The molecule has 0 amide bonds. The Kier molecular flexibility index (Phi) is 9.21. The molecule has 0 saturated carbocycles. The van der Waals surface area contributed by atoms with E-state index in [0.717, 1.165) is 28.8 Å². The highest BCUT2D eigenvalue weighted by Gasteiger charge is 2.28. The van der Waals surface area contributed by atoms with Gasteiger partial charge in [-0.2, -0.15) is 4.31 Å². The Balaban J connectivity index is 0.00000363. The molecule has 0 N–H and O–H groups in total. The minimum Gasteiger partial charge on any atom is -0.380 e. The number of sulfonamides is 1. The van der Waals surface area contributed by atoms with Gasteiger partial charge >= 0.3 is 0 Å². The first-order valence-corrected chi connectivity index (χ1v) is 12.1. The fourth-order valence-electron chi connectivity index (χ4n) is 3.73. The highest BCUT2D eigenvalue weighted by atomic mass is 35.5. The van der Waals surface area contributed by atoms with E-state index in [1.165, 1.54) is 4.31 Å². The lowest BCUT2D eigenvalue weighted by Gasteiger charge is -2.28. The molecule has 3 aromatic rings. The van der Waals surface area contributed by atoms with Gasteiger partial charge in [-0.15, -0.1) is 12.4 Å². The maximum atomic E-state index is 13.2. The summed E-state index contributed by atoms with van der Waals surface area (Å²) >= 11 is 0. The van der Waals surface area contributed by atoms with E-state index >= 15 is 0 Å². The van der Waals surface area contributed by atoms with E-state index in [0.29, 0.717) is 30.6 Å². The number of rotatable bonds is 10. The fraction of sp³-hybridized carbons (Fsp3) is 0.478. The molecule has 9 heteroatoms. The van der Waals surface area contributed by atoms with Crippen molar-refractivity contribution in [3.8, 4) is 0 Å². The number of fused-ring (bicyclic) bond motifs is 1. The summed E-state index contributed by atoms with van der Waals surface area (Å²) in [4.78, 5) is 8.96. The number of nitrogens with zero attached hydrogens (tertiary/aromatic N) is 4. The summed E-state index contributed by atoms with van der Waals surface area (Å²) in [7, 11) is -1.97. The van der Waals surface area contributed by atoms with Crippen molar-refractivity contribution in [3.63, 3.8) is 0 Å². The van der Waals surface area contributed by atoms with E-state index in [4.69, 9.17) is 4.74 Å². The highest BCUT2D eigenvalue weighted by molar-refractivity contribution is 7.89. The van der Waals surface area contributed by atoms with Crippen LogP contribution in [0.2, 0.25) is 0 Å². The molecule has 0 fully saturated rings. The van der Waals surface area contributed by atoms with Gasteiger partial charge < -0.3 is 9.30 Å². The molecule has 2 heterocycles. The van der Waals surface area contributed by atoms with Crippen LogP contribution in [-0.4, -0.2) is 53.6 Å². The normalized spacial score (nSPS) is 13.0. The van der Waals surface area contributed by atoms with Crippen LogP contribution in [-0.2, 0) is 21.3 Å². The van der Waals surface area contributed by atoms with Crippen molar-refractivity contribution in [2.45, 2.75) is 51.6 Å². The van der Waals surface area contributed by atoms with Gasteiger partial charge in [-0.3, -0.25) is 4.98 Å². The molecule has 32 heavy (non-hydrogen) atoms. The number of hydrogen-bond donors (Lipinski definition) is 0. The third-order valence-corrected chi connectivity index (χ3v) is 7.38. The molecule has 2 aromatic heterocycles. The number of pyridine rings is 1. The topological polar surface area (TPSA) is 77.3 Å². The Morgan fingerprint density at radius 1 is 1.16 bits per heavy atom. The number of hydrogen-bond acceptors (Lipinski definition) is 5. The standard InChI is InChI=1S/C23H32N4O3S.ClH/c1-6-30-16-20(13-17(2)3)26(5)31(28,29)21-9-7-19(8-10-21)15-27-18(4)25-22-14-24-12-11-23(22)27;/h7-12,14,17,20H,6,13,15-16H2,1-5H3;1H/t20-;/m0./s1. The number of imidazole rings is 1. The quantitative estimate of drug-likeness (QED) is 0.432. The number of halogens is 1. The lowest BCUT2D eigenvalue weighted by Crippen LogP contribution is -2.41.